The Kier molecular flexibility index (Phi) is 4.49. The van der Waals surface area contributed by atoms with Crippen LogP contribution in [0.1, 0.15) is 20.1 Å². The van der Waals surface area contributed by atoms with Crippen LogP contribution >= 0.6 is 11.3 Å². The van der Waals surface area contributed by atoms with E-state index in [2.05, 4.69) is 15.6 Å². The normalized spacial score (nSPS) is 10.2. The number of carbonyl (C=O) groups excluding carboxylic acids is 1. The third-order valence-electron chi connectivity index (χ3n) is 2.78. The van der Waals surface area contributed by atoms with Crippen molar-refractivity contribution in [2.75, 3.05) is 12.4 Å². The van der Waals surface area contributed by atoms with Crippen molar-refractivity contribution in [2.24, 2.45) is 0 Å². The van der Waals surface area contributed by atoms with Crippen molar-refractivity contribution in [3.63, 3.8) is 0 Å². The van der Waals surface area contributed by atoms with E-state index in [1.54, 1.807) is 18.4 Å². The number of pyridine rings is 1. The second-order valence-corrected chi connectivity index (χ2v) is 5.66. The van der Waals surface area contributed by atoms with Gasteiger partial charge in [0.25, 0.3) is 11.6 Å². The standard InChI is InChI=1S/C13H14N4O3S/c1-8-3-4-10(21-8)7-16-13(18)11-5-9(17(19)20)6-15-12(11)14-2/h3-6H,7H2,1-2H3,(H,14,15)(H,16,18). The number of anilines is 1. The molecule has 2 aromatic heterocycles. The number of rotatable bonds is 5. The second-order valence-electron chi connectivity index (χ2n) is 4.29. The number of amides is 1. The lowest BCUT2D eigenvalue weighted by molar-refractivity contribution is -0.385. The molecule has 2 rings (SSSR count). The number of nitrogens with one attached hydrogen (secondary N) is 2. The van der Waals surface area contributed by atoms with Crippen molar-refractivity contribution in [3.05, 3.63) is 49.8 Å². The molecule has 0 aliphatic carbocycles. The summed E-state index contributed by atoms with van der Waals surface area (Å²) in [5.74, 6) is -0.0953. The minimum absolute atomic E-state index is 0.153. The first kappa shape index (κ1) is 14.9. The monoisotopic (exact) mass is 306 g/mol. The molecule has 110 valence electrons. The van der Waals surface area contributed by atoms with Crippen molar-refractivity contribution in [1.82, 2.24) is 10.3 Å². The maximum atomic E-state index is 12.2. The highest BCUT2D eigenvalue weighted by Gasteiger charge is 2.17. The number of hydrogen-bond acceptors (Lipinski definition) is 6. The average molecular weight is 306 g/mol. The van der Waals surface area contributed by atoms with Crippen LogP contribution < -0.4 is 10.6 Å². The van der Waals surface area contributed by atoms with Crippen molar-refractivity contribution >= 4 is 28.7 Å². The molecule has 8 heteroatoms. The zero-order valence-corrected chi connectivity index (χ0v) is 12.4. The predicted octanol–water partition coefficient (Wildman–Crippen LogP) is 2.33. The molecule has 0 bridgehead atoms. The Hall–Kier alpha value is -2.48. The fourth-order valence-electron chi connectivity index (χ4n) is 1.77. The van der Waals surface area contributed by atoms with Crippen molar-refractivity contribution < 1.29 is 9.72 Å². The van der Waals surface area contributed by atoms with Crippen molar-refractivity contribution in [1.29, 1.82) is 0 Å². The van der Waals surface area contributed by atoms with Crippen LogP contribution in [0.15, 0.2) is 24.4 Å². The Balaban J connectivity index is 2.17. The molecule has 0 atom stereocenters. The van der Waals surface area contributed by atoms with Gasteiger partial charge in [-0.3, -0.25) is 14.9 Å². The second kappa shape index (κ2) is 6.31. The molecule has 7 nitrogen and oxygen atoms in total. The minimum Gasteiger partial charge on any atom is -0.372 e. The lowest BCUT2D eigenvalue weighted by Gasteiger charge is -2.08. The molecular weight excluding hydrogens is 292 g/mol. The molecule has 0 unspecified atom stereocenters. The summed E-state index contributed by atoms with van der Waals surface area (Å²) in [5, 5.41) is 16.3. The van der Waals surface area contributed by atoms with Crippen LogP contribution in [0, 0.1) is 17.0 Å². The van der Waals surface area contributed by atoms with Gasteiger partial charge >= 0.3 is 0 Å². The van der Waals surface area contributed by atoms with Gasteiger partial charge in [-0.05, 0) is 19.1 Å². The first-order valence-electron chi connectivity index (χ1n) is 6.17. The zero-order chi connectivity index (χ0) is 15.4. The number of nitrogens with zero attached hydrogens (tertiary/aromatic N) is 2. The third-order valence-corrected chi connectivity index (χ3v) is 3.79. The summed E-state index contributed by atoms with van der Waals surface area (Å²) in [5.41, 5.74) is -0.0638. The molecule has 2 aromatic rings. The van der Waals surface area contributed by atoms with Crippen LogP contribution in [0.2, 0.25) is 0 Å². The first-order chi connectivity index (χ1) is 10.0. The highest BCUT2D eigenvalue weighted by Crippen LogP contribution is 2.19. The van der Waals surface area contributed by atoms with Gasteiger partial charge in [0.2, 0.25) is 0 Å². The van der Waals surface area contributed by atoms with Crippen LogP contribution in [-0.2, 0) is 6.54 Å². The number of carbonyl (C=O) groups is 1. The summed E-state index contributed by atoms with van der Waals surface area (Å²) < 4.78 is 0. The van der Waals surface area contributed by atoms with Crippen LogP contribution in [0.3, 0.4) is 0 Å². The van der Waals surface area contributed by atoms with Crippen LogP contribution in [-0.4, -0.2) is 22.9 Å². The van der Waals surface area contributed by atoms with Crippen LogP contribution in [0.5, 0.6) is 0 Å². The van der Waals surface area contributed by atoms with E-state index in [0.29, 0.717) is 12.4 Å². The lowest BCUT2D eigenvalue weighted by atomic mass is 10.2. The molecule has 0 radical (unpaired) electrons. The Morgan fingerprint density at radius 2 is 2.24 bits per heavy atom. The van der Waals surface area contributed by atoms with E-state index in [-0.39, 0.29) is 11.3 Å². The van der Waals surface area contributed by atoms with Crippen molar-refractivity contribution in [2.45, 2.75) is 13.5 Å². The molecule has 2 N–H and O–H groups in total. The first-order valence-corrected chi connectivity index (χ1v) is 6.98. The average Bonchev–Trinajstić information content (AvgIpc) is 2.89. The molecule has 0 saturated heterocycles. The van der Waals surface area contributed by atoms with Gasteiger partial charge in [-0.15, -0.1) is 11.3 Å². The number of hydrogen-bond donors (Lipinski definition) is 2. The summed E-state index contributed by atoms with van der Waals surface area (Å²) in [6.45, 7) is 2.36. The van der Waals surface area contributed by atoms with Crippen LogP contribution in [0.4, 0.5) is 11.5 Å². The number of aryl methyl sites for hydroxylation is 1. The molecular formula is C13H14N4O3S. The summed E-state index contributed by atoms with van der Waals surface area (Å²) in [7, 11) is 1.60. The van der Waals surface area contributed by atoms with E-state index in [1.807, 2.05) is 19.1 Å². The minimum atomic E-state index is -0.578. The van der Waals surface area contributed by atoms with E-state index >= 15 is 0 Å². The van der Waals surface area contributed by atoms with Gasteiger partial charge in [0.15, 0.2) is 0 Å². The van der Waals surface area contributed by atoms with E-state index in [9.17, 15) is 14.9 Å². The Labute approximate surface area is 125 Å². The lowest BCUT2D eigenvalue weighted by Crippen LogP contribution is -2.23. The summed E-state index contributed by atoms with van der Waals surface area (Å²) in [4.78, 5) is 28.4. The summed E-state index contributed by atoms with van der Waals surface area (Å²) in [6, 6.07) is 5.12. The molecule has 1 amide bonds. The largest absolute Gasteiger partial charge is 0.372 e. The van der Waals surface area contributed by atoms with Crippen molar-refractivity contribution in [3.8, 4) is 0 Å². The van der Waals surface area contributed by atoms with E-state index in [1.165, 1.54) is 6.07 Å². The SMILES string of the molecule is CNc1ncc([N+](=O)[O-])cc1C(=O)NCc1ccc(C)s1. The van der Waals surface area contributed by atoms with Gasteiger partial charge in [0, 0.05) is 22.9 Å². The van der Waals surface area contributed by atoms with Gasteiger partial charge in [0.05, 0.1) is 17.0 Å². The van der Waals surface area contributed by atoms with E-state index in [0.717, 1.165) is 16.0 Å². The fraction of sp³-hybridized carbons (Fsp3) is 0.231. The quantitative estimate of drug-likeness (QED) is 0.652. The van der Waals surface area contributed by atoms with Gasteiger partial charge in [0.1, 0.15) is 12.0 Å². The maximum Gasteiger partial charge on any atom is 0.288 e. The Morgan fingerprint density at radius 1 is 1.48 bits per heavy atom. The van der Waals surface area contributed by atoms with Gasteiger partial charge in [-0.25, -0.2) is 4.98 Å². The molecule has 0 aliphatic rings. The van der Waals surface area contributed by atoms with Crippen LogP contribution in [0.25, 0.3) is 0 Å². The third kappa shape index (κ3) is 3.54. The topological polar surface area (TPSA) is 97.2 Å². The fourth-order valence-corrected chi connectivity index (χ4v) is 2.60. The number of thiophene rings is 1. The van der Waals surface area contributed by atoms with Gasteiger partial charge in [-0.1, -0.05) is 0 Å². The van der Waals surface area contributed by atoms with Gasteiger partial charge < -0.3 is 10.6 Å². The zero-order valence-electron chi connectivity index (χ0n) is 11.5. The molecule has 21 heavy (non-hydrogen) atoms. The molecule has 0 saturated carbocycles. The maximum absolute atomic E-state index is 12.2. The summed E-state index contributed by atoms with van der Waals surface area (Å²) in [6.07, 6.45) is 1.12. The Bertz CT molecular complexity index is 684. The highest BCUT2D eigenvalue weighted by molar-refractivity contribution is 7.11. The summed E-state index contributed by atoms with van der Waals surface area (Å²) >= 11 is 1.59. The van der Waals surface area contributed by atoms with E-state index in [4.69, 9.17) is 0 Å². The Morgan fingerprint density at radius 3 is 2.81 bits per heavy atom. The van der Waals surface area contributed by atoms with Gasteiger partial charge in [-0.2, -0.15) is 0 Å². The molecule has 0 spiro atoms. The molecule has 0 aromatic carbocycles. The van der Waals surface area contributed by atoms with E-state index < -0.39 is 10.8 Å². The highest BCUT2D eigenvalue weighted by atomic mass is 32.1. The molecule has 2 heterocycles. The predicted molar refractivity (Wildman–Crippen MR) is 80.7 cm³/mol. The smallest absolute Gasteiger partial charge is 0.288 e. The molecule has 0 aliphatic heterocycles. The number of aromatic nitrogens is 1. The molecule has 0 fully saturated rings. The number of nitro groups is 1.